The van der Waals surface area contributed by atoms with Crippen LogP contribution in [-0.4, -0.2) is 56.7 Å². The molecule has 0 saturated heterocycles. The van der Waals surface area contributed by atoms with Gasteiger partial charge in [0.2, 0.25) is 11.8 Å². The molecule has 0 radical (unpaired) electrons. The molecule has 1 unspecified atom stereocenters. The molecule has 4 heterocycles. The molecule has 3 atom stereocenters. The molecule has 0 fully saturated rings. The number of rotatable bonds is 12. The maximum absolute atomic E-state index is 14.1. The summed E-state index contributed by atoms with van der Waals surface area (Å²) >= 11 is 12.2. The summed E-state index contributed by atoms with van der Waals surface area (Å²) in [5, 5.41) is 20.4. The standard InChI is InChI=1S/C46H41Cl2N5O9/c1-25-16-43(62-52-25)51-46(57)53-22-32-21-41-40(59-24-42(61-41)30-7-11-33(12-8-30)58-23-29-6-13-35(47)36(48)17-29)20-31(32)19-38(53)44(54)50-37(45(55)56)18-28-4-9-34(10-5-28)60-39-14-15-49-27(3)26(39)2/h4-17,20-21,37-38,42H,18-19,22-24H2,1-3H3,(H,50,54)(H,51,57)(H,55,56)/t37?,38-,42+/m0/s1. The zero-order valence-electron chi connectivity index (χ0n) is 33.8. The number of hydrogen-bond acceptors (Lipinski definition) is 10. The Morgan fingerprint density at radius 3 is 2.35 bits per heavy atom. The van der Waals surface area contributed by atoms with Gasteiger partial charge in [0.05, 0.1) is 15.7 Å². The van der Waals surface area contributed by atoms with Crippen molar-refractivity contribution >= 4 is 47.0 Å². The van der Waals surface area contributed by atoms with Crippen molar-refractivity contribution in [2.45, 2.75) is 65.0 Å². The number of carboxylic acid groups (broad SMARTS) is 1. The van der Waals surface area contributed by atoms with Crippen molar-refractivity contribution in [3.05, 3.63) is 152 Å². The molecule has 0 bridgehead atoms. The largest absolute Gasteiger partial charge is 0.489 e. The second-order valence-corrected chi connectivity index (χ2v) is 15.9. The van der Waals surface area contributed by atoms with E-state index in [1.165, 1.54) is 4.90 Å². The minimum atomic E-state index is -1.30. The highest BCUT2D eigenvalue weighted by molar-refractivity contribution is 6.42. The second-order valence-electron chi connectivity index (χ2n) is 15.1. The molecule has 2 aliphatic heterocycles. The lowest BCUT2D eigenvalue weighted by Gasteiger charge is -2.37. The SMILES string of the molecule is Cc1cc(NC(=O)N2Cc3cc4c(cc3C[C@H]2C(=O)NC(Cc2ccc(Oc3ccnc(C)c3C)cc2)C(=O)O)OC[C@H](c2ccc(OCc3ccc(Cl)c(Cl)c3)cc2)O4)on1. The number of nitrogens with one attached hydrogen (secondary N) is 2. The average molecular weight is 879 g/mol. The van der Waals surface area contributed by atoms with Crippen molar-refractivity contribution in [1.82, 2.24) is 20.4 Å². The smallest absolute Gasteiger partial charge is 0.326 e. The molecule has 318 valence electrons. The lowest BCUT2D eigenvalue weighted by molar-refractivity contribution is -0.142. The number of halogens is 2. The topological polar surface area (TPSA) is 175 Å². The molecule has 2 aromatic heterocycles. The van der Waals surface area contributed by atoms with E-state index < -0.39 is 36.1 Å². The van der Waals surface area contributed by atoms with Gasteiger partial charge in [-0.2, -0.15) is 0 Å². The number of carbonyl (C=O) groups excluding carboxylic acids is 2. The number of fused-ring (bicyclic) bond motifs is 2. The van der Waals surface area contributed by atoms with Crippen LogP contribution >= 0.6 is 23.2 Å². The molecular weight excluding hydrogens is 837 g/mol. The lowest BCUT2D eigenvalue weighted by atomic mass is 9.92. The zero-order chi connectivity index (χ0) is 43.5. The molecule has 62 heavy (non-hydrogen) atoms. The monoisotopic (exact) mass is 877 g/mol. The van der Waals surface area contributed by atoms with Crippen molar-refractivity contribution in [1.29, 1.82) is 0 Å². The number of aryl methyl sites for hydroxylation is 2. The van der Waals surface area contributed by atoms with Crippen LogP contribution in [0.25, 0.3) is 0 Å². The summed E-state index contributed by atoms with van der Waals surface area (Å²) in [7, 11) is 0. The van der Waals surface area contributed by atoms with E-state index in [1.807, 2.05) is 56.3 Å². The highest BCUT2D eigenvalue weighted by Crippen LogP contribution is 2.41. The Labute approximate surface area is 366 Å². The fraction of sp³-hybridized carbons (Fsp3) is 0.239. The fourth-order valence-electron chi connectivity index (χ4n) is 7.19. The zero-order valence-corrected chi connectivity index (χ0v) is 35.3. The number of aromatic nitrogens is 2. The molecule has 0 spiro atoms. The van der Waals surface area contributed by atoms with E-state index in [0.29, 0.717) is 56.7 Å². The third kappa shape index (κ3) is 9.56. The Bertz CT molecular complexity index is 2640. The van der Waals surface area contributed by atoms with Gasteiger partial charge in [0.25, 0.3) is 0 Å². The number of pyridine rings is 1. The van der Waals surface area contributed by atoms with Crippen LogP contribution < -0.4 is 29.6 Å². The average Bonchev–Trinajstić information content (AvgIpc) is 3.68. The van der Waals surface area contributed by atoms with Crippen LogP contribution in [0.3, 0.4) is 0 Å². The van der Waals surface area contributed by atoms with Crippen LogP contribution in [0.1, 0.15) is 50.9 Å². The summed E-state index contributed by atoms with van der Waals surface area (Å²) in [5.41, 5.74) is 6.18. The first-order valence-electron chi connectivity index (χ1n) is 19.7. The second kappa shape index (κ2) is 18.1. The lowest BCUT2D eigenvalue weighted by Crippen LogP contribution is -2.56. The first-order valence-corrected chi connectivity index (χ1v) is 20.5. The molecule has 4 aromatic carbocycles. The van der Waals surface area contributed by atoms with E-state index in [4.69, 9.17) is 46.7 Å². The van der Waals surface area contributed by atoms with Crippen molar-refractivity contribution in [2.75, 3.05) is 11.9 Å². The quantitative estimate of drug-likeness (QED) is 0.107. The van der Waals surface area contributed by atoms with E-state index in [-0.39, 0.29) is 31.9 Å². The van der Waals surface area contributed by atoms with Gasteiger partial charge in [0, 0.05) is 42.9 Å². The Hall–Kier alpha value is -6.77. The van der Waals surface area contributed by atoms with Gasteiger partial charge >= 0.3 is 12.0 Å². The van der Waals surface area contributed by atoms with Crippen LogP contribution in [0, 0.1) is 20.8 Å². The Kier molecular flexibility index (Phi) is 12.2. The fourth-order valence-corrected chi connectivity index (χ4v) is 7.51. The minimum absolute atomic E-state index is 0.00573. The van der Waals surface area contributed by atoms with Crippen LogP contribution in [0.4, 0.5) is 10.7 Å². The van der Waals surface area contributed by atoms with E-state index >= 15 is 0 Å². The summed E-state index contributed by atoms with van der Waals surface area (Å²) in [6.07, 6.45) is 1.28. The van der Waals surface area contributed by atoms with Crippen LogP contribution in [-0.2, 0) is 35.6 Å². The van der Waals surface area contributed by atoms with Gasteiger partial charge in [-0.15, -0.1) is 0 Å². The van der Waals surface area contributed by atoms with Crippen LogP contribution in [0.5, 0.6) is 28.7 Å². The maximum Gasteiger partial charge on any atom is 0.326 e. The molecule has 6 aromatic rings. The van der Waals surface area contributed by atoms with Gasteiger partial charge in [-0.3, -0.25) is 15.1 Å². The van der Waals surface area contributed by atoms with Gasteiger partial charge in [0.15, 0.2) is 17.6 Å². The summed E-state index contributed by atoms with van der Waals surface area (Å²) < 4.78 is 29.8. The van der Waals surface area contributed by atoms with Crippen molar-refractivity contribution in [3.63, 3.8) is 0 Å². The van der Waals surface area contributed by atoms with Gasteiger partial charge < -0.3 is 38.8 Å². The Morgan fingerprint density at radius 2 is 1.63 bits per heavy atom. The maximum atomic E-state index is 14.1. The van der Waals surface area contributed by atoms with Crippen LogP contribution in [0.15, 0.2) is 102 Å². The van der Waals surface area contributed by atoms with E-state index in [2.05, 4.69) is 20.8 Å². The molecule has 8 rings (SSSR count). The molecular formula is C46H41Cl2N5O9. The van der Waals surface area contributed by atoms with Gasteiger partial charge in [-0.05, 0) is 103 Å². The number of carboxylic acids is 1. The number of carbonyl (C=O) groups is 3. The third-order valence-corrected chi connectivity index (χ3v) is 11.5. The molecule has 3 amide bonds. The summed E-state index contributed by atoms with van der Waals surface area (Å²) in [6, 6.07) is 23.7. The first kappa shape index (κ1) is 41.9. The van der Waals surface area contributed by atoms with Crippen molar-refractivity contribution < 1.29 is 43.0 Å². The van der Waals surface area contributed by atoms with E-state index in [1.54, 1.807) is 61.7 Å². The normalized spacial score (nSPS) is 15.9. The number of ether oxygens (including phenoxy) is 4. The number of amides is 3. The highest BCUT2D eigenvalue weighted by Gasteiger charge is 2.38. The van der Waals surface area contributed by atoms with Crippen molar-refractivity contribution in [2.24, 2.45) is 0 Å². The number of anilines is 1. The van der Waals surface area contributed by atoms with Gasteiger partial charge in [-0.25, -0.2) is 9.59 Å². The van der Waals surface area contributed by atoms with E-state index in [0.717, 1.165) is 33.5 Å². The summed E-state index contributed by atoms with van der Waals surface area (Å²) in [6.45, 7) is 6.06. The molecule has 0 aliphatic carbocycles. The molecule has 0 saturated carbocycles. The summed E-state index contributed by atoms with van der Waals surface area (Å²) in [4.78, 5) is 46.2. The number of aliphatic carboxylic acids is 1. The predicted molar refractivity (Wildman–Crippen MR) is 229 cm³/mol. The number of benzene rings is 4. The van der Waals surface area contributed by atoms with Gasteiger partial charge in [-0.1, -0.05) is 58.7 Å². The molecule has 14 nitrogen and oxygen atoms in total. The predicted octanol–water partition coefficient (Wildman–Crippen LogP) is 8.96. The van der Waals surface area contributed by atoms with Crippen molar-refractivity contribution in [3.8, 4) is 28.7 Å². The third-order valence-electron chi connectivity index (χ3n) is 10.7. The number of nitrogens with zero attached hydrogens (tertiary/aromatic N) is 3. The number of urea groups is 1. The van der Waals surface area contributed by atoms with Crippen LogP contribution in [0.2, 0.25) is 10.0 Å². The Balaban J connectivity index is 0.964. The highest BCUT2D eigenvalue weighted by atomic mass is 35.5. The molecule has 3 N–H and O–H groups in total. The summed E-state index contributed by atoms with van der Waals surface area (Å²) in [5.74, 6) is 1.07. The van der Waals surface area contributed by atoms with E-state index in [9.17, 15) is 19.5 Å². The minimum Gasteiger partial charge on any atom is -0.489 e. The molecule has 2 aliphatic rings. The van der Waals surface area contributed by atoms with Gasteiger partial charge in [0.1, 0.15) is 42.5 Å². The first-order chi connectivity index (χ1) is 29.9. The number of hydrogen-bond donors (Lipinski definition) is 3. The Morgan fingerprint density at radius 1 is 0.887 bits per heavy atom. The molecule has 16 heteroatoms.